The molecule has 3 rings (SSSR count). The van der Waals surface area contributed by atoms with Crippen molar-refractivity contribution in [1.82, 2.24) is 0 Å². The van der Waals surface area contributed by atoms with Crippen LogP contribution in [0, 0.1) is 11.3 Å². The number of aliphatic carboxylic acids is 1. The van der Waals surface area contributed by atoms with Crippen molar-refractivity contribution in [2.45, 2.75) is 60.3 Å². The Bertz CT molecular complexity index is 1130. The largest absolute Gasteiger partial charge is 0.477 e. The second-order valence-electron chi connectivity index (χ2n) is 9.68. The van der Waals surface area contributed by atoms with Gasteiger partial charge in [-0.2, -0.15) is 0 Å². The number of nitrogens with zero attached hydrogens (tertiary/aromatic N) is 1. The van der Waals surface area contributed by atoms with Gasteiger partial charge in [-0.15, -0.1) is 6.58 Å². The van der Waals surface area contributed by atoms with Crippen LogP contribution in [-0.2, 0) is 16.0 Å². The maximum atomic E-state index is 12.6. The Morgan fingerprint density at radius 1 is 1.13 bits per heavy atom. The highest BCUT2D eigenvalue weighted by molar-refractivity contribution is 6.48. The van der Waals surface area contributed by atoms with Crippen LogP contribution in [0.3, 0.4) is 0 Å². The minimum absolute atomic E-state index is 0.211. The molecule has 1 aliphatic rings. The lowest BCUT2D eigenvalue weighted by Crippen LogP contribution is -2.25. The first kappa shape index (κ1) is 33.1. The lowest BCUT2D eigenvalue weighted by molar-refractivity contribution is -0.129. The number of carboxylic acid groups (broad SMARTS) is 1. The highest BCUT2D eigenvalue weighted by atomic mass is 16.4. The Balaban J connectivity index is 0.000000838. The molecule has 0 saturated heterocycles. The van der Waals surface area contributed by atoms with Crippen LogP contribution >= 0.6 is 0 Å². The van der Waals surface area contributed by atoms with E-state index in [2.05, 4.69) is 56.6 Å². The van der Waals surface area contributed by atoms with E-state index in [0.717, 1.165) is 25.1 Å². The Morgan fingerprint density at radius 3 is 2.31 bits per heavy atom. The predicted octanol–water partition coefficient (Wildman–Crippen LogP) is 7.78. The summed E-state index contributed by atoms with van der Waals surface area (Å²) in [6.45, 7) is 16.1. The average molecular weight is 532 g/mol. The van der Waals surface area contributed by atoms with E-state index in [9.17, 15) is 14.7 Å². The number of hydrogen-bond donors (Lipinski definition) is 3. The standard InChI is InChI=1S/C25H27N3O3.C5H12.C3H6/c1-17(2)16-28-14-13-19-15-18(11-12-22(19)28)7-6-10-21(23(26)25(30)31)24(29)27-20-8-4-3-5-9-20;1-3-5-4-2;1-3-2/h3-12,15,17,26H,13-14,16H2,1-2H3,(H,27,29)(H,30,31);3-5H2,1-2H3;3H,1H2,2H3/b7-6+,21-10-,26-23?;;. The van der Waals surface area contributed by atoms with Crippen molar-refractivity contribution < 1.29 is 14.7 Å². The average Bonchev–Trinajstić information content (AvgIpc) is 3.29. The Kier molecular flexibility index (Phi) is 15.6. The van der Waals surface area contributed by atoms with E-state index in [-0.39, 0.29) is 5.57 Å². The third kappa shape index (κ3) is 12.0. The van der Waals surface area contributed by atoms with Crippen molar-refractivity contribution >= 4 is 35.0 Å². The van der Waals surface area contributed by atoms with Crippen LogP contribution in [0.1, 0.15) is 65.0 Å². The number of para-hydroxylation sites is 1. The van der Waals surface area contributed by atoms with E-state index in [1.807, 2.05) is 25.1 Å². The number of carbonyl (C=O) groups excluding carboxylic acids is 1. The fourth-order valence-corrected chi connectivity index (χ4v) is 3.94. The summed E-state index contributed by atoms with van der Waals surface area (Å²) in [5, 5.41) is 19.6. The highest BCUT2D eigenvalue weighted by Gasteiger charge is 2.21. The topological polar surface area (TPSA) is 93.5 Å². The first-order valence-corrected chi connectivity index (χ1v) is 13.7. The van der Waals surface area contributed by atoms with Crippen molar-refractivity contribution in [3.8, 4) is 0 Å². The molecule has 1 heterocycles. The van der Waals surface area contributed by atoms with Gasteiger partial charge in [-0.3, -0.25) is 10.2 Å². The van der Waals surface area contributed by atoms with E-state index in [0.29, 0.717) is 11.6 Å². The minimum Gasteiger partial charge on any atom is -0.477 e. The summed E-state index contributed by atoms with van der Waals surface area (Å²) in [6, 6.07) is 15.0. The quantitative estimate of drug-likeness (QED) is 0.126. The highest BCUT2D eigenvalue weighted by Crippen LogP contribution is 2.29. The van der Waals surface area contributed by atoms with Gasteiger partial charge in [0.1, 0.15) is 0 Å². The van der Waals surface area contributed by atoms with Crippen LogP contribution in [0.25, 0.3) is 6.08 Å². The van der Waals surface area contributed by atoms with Crippen LogP contribution in [0.4, 0.5) is 11.4 Å². The zero-order chi connectivity index (χ0) is 29.2. The number of hydrogen-bond acceptors (Lipinski definition) is 4. The van der Waals surface area contributed by atoms with Crippen molar-refractivity contribution in [1.29, 1.82) is 5.41 Å². The van der Waals surface area contributed by atoms with E-state index < -0.39 is 17.6 Å². The molecule has 0 saturated carbocycles. The molecule has 3 N–H and O–H groups in total. The zero-order valence-corrected chi connectivity index (χ0v) is 24.2. The van der Waals surface area contributed by atoms with Gasteiger partial charge >= 0.3 is 5.97 Å². The van der Waals surface area contributed by atoms with Crippen molar-refractivity contribution in [3.63, 3.8) is 0 Å². The number of nitrogens with one attached hydrogen (secondary N) is 2. The number of unbranched alkanes of at least 4 members (excludes halogenated alkanes) is 2. The van der Waals surface area contributed by atoms with Gasteiger partial charge in [0.2, 0.25) is 0 Å². The van der Waals surface area contributed by atoms with Crippen LogP contribution < -0.4 is 10.2 Å². The Morgan fingerprint density at radius 2 is 1.77 bits per heavy atom. The molecular formula is C33H45N3O3. The summed E-state index contributed by atoms with van der Waals surface area (Å²) in [5.74, 6) is -1.49. The smallest absolute Gasteiger partial charge is 0.354 e. The summed E-state index contributed by atoms with van der Waals surface area (Å²) in [5.41, 5.74) is 3.08. The van der Waals surface area contributed by atoms with Crippen LogP contribution in [0.15, 0.2) is 78.9 Å². The fraction of sp³-hybridized carbons (Fsp3) is 0.364. The molecule has 0 spiro atoms. The summed E-state index contributed by atoms with van der Waals surface area (Å²) >= 11 is 0. The molecule has 1 aliphatic heterocycles. The Hall–Kier alpha value is -3.93. The molecule has 0 unspecified atom stereocenters. The van der Waals surface area contributed by atoms with Gasteiger partial charge in [-0.05, 0) is 60.7 Å². The zero-order valence-electron chi connectivity index (χ0n) is 24.2. The molecule has 2 aromatic carbocycles. The van der Waals surface area contributed by atoms with Gasteiger partial charge in [0.25, 0.3) is 5.91 Å². The lowest BCUT2D eigenvalue weighted by atomic mass is 10.1. The molecule has 0 fully saturated rings. The van der Waals surface area contributed by atoms with Crippen LogP contribution in [-0.4, -0.2) is 35.8 Å². The molecule has 0 radical (unpaired) electrons. The predicted molar refractivity (Wildman–Crippen MR) is 166 cm³/mol. The number of carbonyl (C=O) groups is 2. The SMILES string of the molecule is C=CC.CC(C)CN1CCc2cc(/C=C/C=C(/C(=N)C(=O)O)C(=O)Nc3ccccc3)ccc21.CCCCC. The van der Waals surface area contributed by atoms with Gasteiger partial charge in [0, 0.05) is 24.5 Å². The van der Waals surface area contributed by atoms with Gasteiger partial charge in [-0.25, -0.2) is 4.79 Å². The molecule has 0 aliphatic carbocycles. The molecule has 6 heteroatoms. The minimum atomic E-state index is -1.45. The van der Waals surface area contributed by atoms with Gasteiger partial charge in [-0.1, -0.05) is 89.5 Å². The maximum absolute atomic E-state index is 12.6. The third-order valence-corrected chi connectivity index (χ3v) is 5.70. The molecule has 0 atom stereocenters. The molecule has 1 amide bonds. The van der Waals surface area contributed by atoms with Gasteiger partial charge in [0.05, 0.1) is 5.57 Å². The maximum Gasteiger partial charge on any atom is 0.354 e. The number of anilines is 2. The van der Waals surface area contributed by atoms with E-state index in [1.54, 1.807) is 36.4 Å². The number of allylic oxidation sites excluding steroid dienone is 3. The molecular weight excluding hydrogens is 486 g/mol. The molecule has 6 nitrogen and oxygen atoms in total. The van der Waals surface area contributed by atoms with Crippen LogP contribution in [0.2, 0.25) is 0 Å². The second-order valence-corrected chi connectivity index (χ2v) is 9.68. The number of amides is 1. The summed E-state index contributed by atoms with van der Waals surface area (Å²) < 4.78 is 0. The number of carboxylic acids is 1. The summed E-state index contributed by atoms with van der Waals surface area (Å²) in [7, 11) is 0. The molecule has 0 aromatic heterocycles. The molecule has 0 bridgehead atoms. The first-order valence-electron chi connectivity index (χ1n) is 13.7. The van der Waals surface area contributed by atoms with Gasteiger partial charge in [0.15, 0.2) is 5.71 Å². The van der Waals surface area contributed by atoms with E-state index in [4.69, 9.17) is 5.41 Å². The molecule has 2 aromatic rings. The first-order chi connectivity index (χ1) is 18.7. The van der Waals surface area contributed by atoms with Crippen molar-refractivity contribution in [2.75, 3.05) is 23.3 Å². The van der Waals surface area contributed by atoms with E-state index >= 15 is 0 Å². The number of benzene rings is 2. The van der Waals surface area contributed by atoms with Gasteiger partial charge < -0.3 is 15.3 Å². The van der Waals surface area contributed by atoms with Crippen molar-refractivity contribution in [2.24, 2.45) is 5.92 Å². The second kappa shape index (κ2) is 18.3. The third-order valence-electron chi connectivity index (χ3n) is 5.70. The molecule has 39 heavy (non-hydrogen) atoms. The Labute approximate surface area is 234 Å². The van der Waals surface area contributed by atoms with E-state index in [1.165, 1.54) is 36.6 Å². The molecule has 210 valence electrons. The monoisotopic (exact) mass is 531 g/mol. The van der Waals surface area contributed by atoms with Crippen molar-refractivity contribution in [3.05, 3.63) is 90.0 Å². The summed E-state index contributed by atoms with van der Waals surface area (Å²) in [6.07, 6.45) is 11.6. The van der Waals surface area contributed by atoms with Crippen LogP contribution in [0.5, 0.6) is 0 Å². The lowest BCUT2D eigenvalue weighted by Gasteiger charge is -2.21. The summed E-state index contributed by atoms with van der Waals surface area (Å²) in [4.78, 5) is 26.2. The number of fused-ring (bicyclic) bond motifs is 1. The number of rotatable bonds is 10. The normalized spacial score (nSPS) is 12.2. The fourth-order valence-electron chi connectivity index (χ4n) is 3.94.